The van der Waals surface area contributed by atoms with E-state index in [1.165, 1.54) is 12.1 Å². The van der Waals surface area contributed by atoms with Crippen LogP contribution in [0.5, 0.6) is 0 Å². The van der Waals surface area contributed by atoms with Crippen LogP contribution in [0.25, 0.3) is 0 Å². The van der Waals surface area contributed by atoms with Gasteiger partial charge in [-0.25, -0.2) is 4.39 Å². The zero-order chi connectivity index (χ0) is 12.1. The maximum absolute atomic E-state index is 13.5. The number of rotatable bonds is 4. The van der Waals surface area contributed by atoms with Crippen molar-refractivity contribution in [3.63, 3.8) is 0 Å². The van der Waals surface area contributed by atoms with Gasteiger partial charge in [0.2, 0.25) is 0 Å². The Labute approximate surface area is 97.6 Å². The molecule has 1 aromatic carbocycles. The van der Waals surface area contributed by atoms with Crippen molar-refractivity contribution in [2.24, 2.45) is 0 Å². The van der Waals surface area contributed by atoms with E-state index in [-0.39, 0.29) is 16.6 Å². The first-order valence-corrected chi connectivity index (χ1v) is 6.52. The summed E-state index contributed by atoms with van der Waals surface area (Å²) in [7, 11) is -1.06. The van der Waals surface area contributed by atoms with E-state index in [9.17, 15) is 8.60 Å². The molecule has 0 radical (unpaired) electrons. The maximum atomic E-state index is 13.5. The average molecular weight is 239 g/mol. The highest BCUT2D eigenvalue weighted by Crippen LogP contribution is 2.14. The SMILES string of the molecule is CCC(C)S(=O)Cc1ccc(C#N)cc1F. The molecule has 4 heteroatoms. The third-order valence-corrected chi connectivity index (χ3v) is 4.33. The van der Waals surface area contributed by atoms with Crippen molar-refractivity contribution in [2.45, 2.75) is 31.3 Å². The summed E-state index contributed by atoms with van der Waals surface area (Å²) < 4.78 is 25.2. The molecule has 0 spiro atoms. The molecule has 0 N–H and O–H groups in total. The van der Waals surface area contributed by atoms with Crippen molar-refractivity contribution in [3.05, 3.63) is 35.1 Å². The molecule has 0 aliphatic carbocycles. The van der Waals surface area contributed by atoms with Crippen molar-refractivity contribution < 1.29 is 8.60 Å². The number of hydrogen-bond acceptors (Lipinski definition) is 2. The molecule has 2 unspecified atom stereocenters. The van der Waals surface area contributed by atoms with E-state index >= 15 is 0 Å². The molecule has 0 saturated heterocycles. The van der Waals surface area contributed by atoms with Gasteiger partial charge in [-0.1, -0.05) is 19.9 Å². The van der Waals surface area contributed by atoms with Crippen LogP contribution in [0.1, 0.15) is 31.4 Å². The Balaban J connectivity index is 2.83. The molecule has 0 fully saturated rings. The van der Waals surface area contributed by atoms with Gasteiger partial charge < -0.3 is 0 Å². The van der Waals surface area contributed by atoms with Crippen molar-refractivity contribution in [1.82, 2.24) is 0 Å². The molecular weight excluding hydrogens is 225 g/mol. The lowest BCUT2D eigenvalue weighted by Crippen LogP contribution is -2.12. The Kier molecular flexibility index (Phi) is 4.63. The van der Waals surface area contributed by atoms with E-state index < -0.39 is 16.6 Å². The van der Waals surface area contributed by atoms with Gasteiger partial charge in [-0.15, -0.1) is 0 Å². The molecule has 0 aliphatic heterocycles. The summed E-state index contributed by atoms with van der Waals surface area (Å²) in [6.07, 6.45) is 0.810. The zero-order valence-corrected chi connectivity index (χ0v) is 10.2. The molecule has 1 rings (SSSR count). The Hall–Kier alpha value is -1.21. The molecule has 0 aromatic heterocycles. The lowest BCUT2D eigenvalue weighted by atomic mass is 10.1. The third-order valence-electron chi connectivity index (χ3n) is 2.50. The van der Waals surface area contributed by atoms with E-state index in [4.69, 9.17) is 5.26 Å². The average Bonchev–Trinajstić information content (AvgIpc) is 2.30. The van der Waals surface area contributed by atoms with E-state index in [2.05, 4.69) is 0 Å². The number of hydrogen-bond donors (Lipinski definition) is 0. The van der Waals surface area contributed by atoms with Gasteiger partial charge in [-0.2, -0.15) is 5.26 Å². The predicted octanol–water partition coefficient (Wildman–Crippen LogP) is 2.74. The van der Waals surface area contributed by atoms with Crippen LogP contribution >= 0.6 is 0 Å². The third kappa shape index (κ3) is 3.14. The second kappa shape index (κ2) is 5.76. The Morgan fingerprint density at radius 1 is 1.56 bits per heavy atom. The summed E-state index contributed by atoms with van der Waals surface area (Å²) in [6.45, 7) is 3.84. The molecule has 0 saturated carbocycles. The second-order valence-corrected chi connectivity index (χ2v) is 5.52. The van der Waals surface area contributed by atoms with Gasteiger partial charge in [0, 0.05) is 21.6 Å². The lowest BCUT2D eigenvalue weighted by molar-refractivity contribution is 0.613. The first-order chi connectivity index (χ1) is 7.58. The monoisotopic (exact) mass is 239 g/mol. The molecule has 1 aromatic rings. The van der Waals surface area contributed by atoms with Crippen molar-refractivity contribution in [2.75, 3.05) is 0 Å². The van der Waals surface area contributed by atoms with Crippen molar-refractivity contribution >= 4 is 10.8 Å². The molecule has 0 heterocycles. The predicted molar refractivity (Wildman–Crippen MR) is 62.7 cm³/mol. The number of nitrogens with zero attached hydrogens (tertiary/aromatic N) is 1. The molecule has 86 valence electrons. The fraction of sp³-hybridized carbons (Fsp3) is 0.417. The van der Waals surface area contributed by atoms with Crippen molar-refractivity contribution in [1.29, 1.82) is 5.26 Å². The molecule has 16 heavy (non-hydrogen) atoms. The van der Waals surface area contributed by atoms with Gasteiger partial charge in [0.1, 0.15) is 5.82 Å². The molecular formula is C12H14FNOS. The second-order valence-electron chi connectivity index (χ2n) is 3.66. The minimum absolute atomic E-state index is 0.0649. The van der Waals surface area contributed by atoms with Crippen LogP contribution in [0.2, 0.25) is 0 Å². The highest BCUT2D eigenvalue weighted by atomic mass is 32.2. The van der Waals surface area contributed by atoms with Crippen LogP contribution in [-0.2, 0) is 16.6 Å². The fourth-order valence-corrected chi connectivity index (χ4v) is 2.41. The summed E-state index contributed by atoms with van der Waals surface area (Å²) in [5.74, 6) is -0.234. The fourth-order valence-electron chi connectivity index (χ4n) is 1.22. The van der Waals surface area contributed by atoms with Crippen LogP contribution in [0.4, 0.5) is 4.39 Å². The highest BCUT2D eigenvalue weighted by molar-refractivity contribution is 7.84. The smallest absolute Gasteiger partial charge is 0.128 e. The number of benzene rings is 1. The quantitative estimate of drug-likeness (QED) is 0.810. The first-order valence-electron chi connectivity index (χ1n) is 5.14. The zero-order valence-electron chi connectivity index (χ0n) is 9.37. The van der Waals surface area contributed by atoms with E-state index in [1.54, 1.807) is 6.07 Å². The van der Waals surface area contributed by atoms with Gasteiger partial charge >= 0.3 is 0 Å². The van der Waals surface area contributed by atoms with Crippen LogP contribution in [0.3, 0.4) is 0 Å². The van der Waals surface area contributed by atoms with Gasteiger partial charge in [-0.3, -0.25) is 4.21 Å². The van der Waals surface area contributed by atoms with Crippen molar-refractivity contribution in [3.8, 4) is 6.07 Å². The topological polar surface area (TPSA) is 40.9 Å². The largest absolute Gasteiger partial charge is 0.259 e. The molecule has 2 nitrogen and oxygen atoms in total. The first kappa shape index (κ1) is 12.9. The van der Waals surface area contributed by atoms with E-state index in [1.807, 2.05) is 19.9 Å². The maximum Gasteiger partial charge on any atom is 0.128 e. The van der Waals surface area contributed by atoms with Crippen LogP contribution in [0, 0.1) is 17.1 Å². The summed E-state index contributed by atoms with van der Waals surface area (Å²) in [5.41, 5.74) is 0.702. The normalized spacial score (nSPS) is 14.1. The van der Waals surface area contributed by atoms with Gasteiger partial charge in [0.25, 0.3) is 0 Å². The summed E-state index contributed by atoms with van der Waals surface area (Å²) in [4.78, 5) is 0. The highest BCUT2D eigenvalue weighted by Gasteiger charge is 2.12. The lowest BCUT2D eigenvalue weighted by Gasteiger charge is -2.09. The van der Waals surface area contributed by atoms with Gasteiger partial charge in [0.15, 0.2) is 0 Å². The Morgan fingerprint density at radius 3 is 2.75 bits per heavy atom. The standard InChI is InChI=1S/C12H14FNOS/c1-3-9(2)16(15)8-11-5-4-10(7-14)6-12(11)13/h4-6,9H,3,8H2,1-2H3. The van der Waals surface area contributed by atoms with Crippen LogP contribution < -0.4 is 0 Å². The summed E-state index contributed by atoms with van der Waals surface area (Å²) >= 11 is 0. The van der Waals surface area contributed by atoms with Crippen LogP contribution in [-0.4, -0.2) is 9.46 Å². The Morgan fingerprint density at radius 2 is 2.25 bits per heavy atom. The Bertz CT molecular complexity index is 439. The number of nitriles is 1. The van der Waals surface area contributed by atoms with Gasteiger partial charge in [-0.05, 0) is 18.6 Å². The molecule has 0 aliphatic rings. The van der Waals surface area contributed by atoms with E-state index in [0.29, 0.717) is 5.56 Å². The summed E-state index contributed by atoms with van der Waals surface area (Å²) in [5, 5.41) is 8.65. The molecule has 2 atom stereocenters. The van der Waals surface area contributed by atoms with E-state index in [0.717, 1.165) is 6.42 Å². The number of halogens is 1. The van der Waals surface area contributed by atoms with Gasteiger partial charge in [0.05, 0.1) is 17.4 Å². The minimum Gasteiger partial charge on any atom is -0.259 e. The van der Waals surface area contributed by atoms with Crippen LogP contribution in [0.15, 0.2) is 18.2 Å². The molecule has 0 bridgehead atoms. The minimum atomic E-state index is -1.06. The summed E-state index contributed by atoms with van der Waals surface area (Å²) in [6, 6.07) is 6.13. The molecule has 0 amide bonds.